The van der Waals surface area contributed by atoms with Gasteiger partial charge in [-0.2, -0.15) is 0 Å². The SMILES string of the molecule is CC.CC(C)OC(=O)CCc1ccc(OC(=O)C(C)(C)C)c(O)c1. The number of carbonyl (C=O) groups excluding carboxylic acids is 2. The van der Waals surface area contributed by atoms with Crippen LogP contribution < -0.4 is 4.74 Å². The number of esters is 2. The Morgan fingerprint density at radius 3 is 2.21 bits per heavy atom. The molecule has 24 heavy (non-hydrogen) atoms. The molecular weight excluding hydrogens is 308 g/mol. The maximum Gasteiger partial charge on any atom is 0.316 e. The normalized spacial score (nSPS) is 10.7. The number of aromatic hydroxyl groups is 1. The van der Waals surface area contributed by atoms with Crippen LogP contribution >= 0.6 is 0 Å². The lowest BCUT2D eigenvalue weighted by molar-refractivity contribution is -0.147. The topological polar surface area (TPSA) is 72.8 Å². The molecule has 0 bridgehead atoms. The minimum atomic E-state index is -0.647. The van der Waals surface area contributed by atoms with Gasteiger partial charge in [-0.15, -0.1) is 0 Å². The van der Waals surface area contributed by atoms with E-state index >= 15 is 0 Å². The van der Waals surface area contributed by atoms with Gasteiger partial charge in [0.1, 0.15) is 0 Å². The lowest BCUT2D eigenvalue weighted by Crippen LogP contribution is -2.25. The van der Waals surface area contributed by atoms with Crippen LogP contribution in [0.4, 0.5) is 0 Å². The molecule has 5 heteroatoms. The number of aryl methyl sites for hydroxylation is 1. The van der Waals surface area contributed by atoms with Crippen LogP contribution in [0.3, 0.4) is 0 Å². The average Bonchev–Trinajstić information content (AvgIpc) is 2.48. The largest absolute Gasteiger partial charge is 0.504 e. The first-order valence-corrected chi connectivity index (χ1v) is 8.33. The van der Waals surface area contributed by atoms with Crippen LogP contribution in [-0.4, -0.2) is 23.1 Å². The third-order valence-electron chi connectivity index (χ3n) is 2.82. The number of ether oxygens (including phenoxy) is 2. The van der Waals surface area contributed by atoms with Crippen LogP contribution in [0.25, 0.3) is 0 Å². The van der Waals surface area contributed by atoms with Crippen molar-refractivity contribution in [2.75, 3.05) is 0 Å². The Balaban J connectivity index is 0.00000254. The van der Waals surface area contributed by atoms with Crippen LogP contribution in [0.5, 0.6) is 11.5 Å². The van der Waals surface area contributed by atoms with Gasteiger partial charge in [-0.25, -0.2) is 0 Å². The molecule has 1 N–H and O–H groups in total. The third-order valence-corrected chi connectivity index (χ3v) is 2.82. The zero-order chi connectivity index (χ0) is 18.9. The van der Waals surface area contributed by atoms with Crippen molar-refractivity contribution in [3.05, 3.63) is 23.8 Å². The number of hydrogen-bond acceptors (Lipinski definition) is 5. The maximum atomic E-state index is 11.8. The molecule has 0 saturated heterocycles. The second-order valence-corrected chi connectivity index (χ2v) is 6.48. The molecule has 136 valence electrons. The monoisotopic (exact) mass is 338 g/mol. The smallest absolute Gasteiger partial charge is 0.316 e. The fraction of sp³-hybridized carbons (Fsp3) is 0.579. The van der Waals surface area contributed by atoms with Crippen molar-refractivity contribution in [3.63, 3.8) is 0 Å². The summed E-state index contributed by atoms with van der Waals surface area (Å²) in [4.78, 5) is 23.3. The summed E-state index contributed by atoms with van der Waals surface area (Å²) < 4.78 is 10.2. The van der Waals surface area contributed by atoms with E-state index in [9.17, 15) is 14.7 Å². The molecule has 0 fully saturated rings. The Morgan fingerprint density at radius 2 is 1.75 bits per heavy atom. The number of carbonyl (C=O) groups is 2. The Bertz CT molecular complexity index is 541. The van der Waals surface area contributed by atoms with Crippen molar-refractivity contribution in [2.45, 2.75) is 67.4 Å². The zero-order valence-corrected chi connectivity index (χ0v) is 15.8. The molecule has 0 saturated carbocycles. The molecular formula is C19H30O5. The Labute approximate surface area is 145 Å². The van der Waals surface area contributed by atoms with Crippen molar-refractivity contribution in [1.29, 1.82) is 0 Å². The number of phenolic OH excluding ortho intramolecular Hbond substituents is 1. The summed E-state index contributed by atoms with van der Waals surface area (Å²) in [6, 6.07) is 4.74. The molecule has 1 rings (SSSR count). The van der Waals surface area contributed by atoms with Gasteiger partial charge in [0.15, 0.2) is 11.5 Å². The van der Waals surface area contributed by atoms with E-state index in [0.29, 0.717) is 6.42 Å². The van der Waals surface area contributed by atoms with Crippen molar-refractivity contribution in [3.8, 4) is 11.5 Å². The Morgan fingerprint density at radius 1 is 1.17 bits per heavy atom. The molecule has 0 aliphatic carbocycles. The molecule has 0 spiro atoms. The third kappa shape index (κ3) is 7.99. The standard InChI is InChI=1S/C17H24O5.C2H6/c1-11(2)21-15(19)9-7-12-6-8-14(13(18)10-12)22-16(20)17(3,4)5;1-2/h6,8,10-11,18H,7,9H2,1-5H3;1-2H3. The summed E-state index contributed by atoms with van der Waals surface area (Å²) in [7, 11) is 0. The minimum absolute atomic E-state index is 0.118. The van der Waals surface area contributed by atoms with Crippen LogP contribution in [0.1, 0.15) is 60.5 Å². The summed E-state index contributed by atoms with van der Waals surface area (Å²) in [5.74, 6) is -0.699. The molecule has 0 amide bonds. The van der Waals surface area contributed by atoms with Gasteiger partial charge in [-0.05, 0) is 58.7 Å². The highest BCUT2D eigenvalue weighted by Gasteiger charge is 2.24. The van der Waals surface area contributed by atoms with E-state index in [1.54, 1.807) is 40.7 Å². The highest BCUT2D eigenvalue weighted by atomic mass is 16.5. The Hall–Kier alpha value is -2.04. The summed E-state index contributed by atoms with van der Waals surface area (Å²) in [6.07, 6.45) is 0.547. The van der Waals surface area contributed by atoms with Crippen molar-refractivity contribution in [2.24, 2.45) is 5.41 Å². The molecule has 0 unspecified atom stereocenters. The maximum absolute atomic E-state index is 11.8. The predicted octanol–water partition coefficient (Wildman–Crippen LogP) is 4.25. The van der Waals surface area contributed by atoms with E-state index in [0.717, 1.165) is 5.56 Å². The molecule has 0 aliphatic rings. The van der Waals surface area contributed by atoms with Gasteiger partial charge < -0.3 is 14.6 Å². The van der Waals surface area contributed by atoms with Gasteiger partial charge in [-0.3, -0.25) is 9.59 Å². The summed E-state index contributed by atoms with van der Waals surface area (Å²) in [5, 5.41) is 9.92. The fourth-order valence-electron chi connectivity index (χ4n) is 1.63. The molecule has 0 aliphatic heterocycles. The van der Waals surface area contributed by atoms with E-state index in [1.807, 2.05) is 13.8 Å². The first-order chi connectivity index (χ1) is 11.1. The lowest BCUT2D eigenvalue weighted by Gasteiger charge is -2.17. The summed E-state index contributed by atoms with van der Waals surface area (Å²) in [5.41, 5.74) is 0.125. The van der Waals surface area contributed by atoms with Gasteiger partial charge in [0.25, 0.3) is 0 Å². The van der Waals surface area contributed by atoms with Gasteiger partial charge in [0.2, 0.25) is 0 Å². The summed E-state index contributed by atoms with van der Waals surface area (Å²) >= 11 is 0. The average molecular weight is 338 g/mol. The molecule has 0 aromatic heterocycles. The quantitative estimate of drug-likeness (QED) is 0.641. The first kappa shape index (κ1) is 22.0. The molecule has 1 aromatic rings. The van der Waals surface area contributed by atoms with Gasteiger partial charge in [-0.1, -0.05) is 19.9 Å². The van der Waals surface area contributed by atoms with Crippen LogP contribution in [-0.2, 0) is 20.7 Å². The summed E-state index contributed by atoms with van der Waals surface area (Å²) in [6.45, 7) is 12.8. The van der Waals surface area contributed by atoms with Crippen LogP contribution in [0.2, 0.25) is 0 Å². The van der Waals surface area contributed by atoms with E-state index in [1.165, 1.54) is 12.1 Å². The molecule has 0 heterocycles. The molecule has 0 atom stereocenters. The Kier molecular flexibility index (Phi) is 9.11. The molecule has 1 aromatic carbocycles. The number of hydrogen-bond donors (Lipinski definition) is 1. The highest BCUT2D eigenvalue weighted by molar-refractivity contribution is 5.78. The number of rotatable bonds is 5. The number of phenols is 1. The number of benzene rings is 1. The second kappa shape index (κ2) is 9.96. The minimum Gasteiger partial charge on any atom is -0.504 e. The van der Waals surface area contributed by atoms with Crippen LogP contribution in [0.15, 0.2) is 18.2 Å². The lowest BCUT2D eigenvalue weighted by atomic mass is 9.97. The highest BCUT2D eigenvalue weighted by Crippen LogP contribution is 2.29. The van der Waals surface area contributed by atoms with Gasteiger partial charge in [0.05, 0.1) is 11.5 Å². The zero-order valence-electron chi connectivity index (χ0n) is 15.8. The van der Waals surface area contributed by atoms with Gasteiger partial charge in [0, 0.05) is 6.42 Å². The second-order valence-electron chi connectivity index (χ2n) is 6.48. The van der Waals surface area contributed by atoms with Gasteiger partial charge >= 0.3 is 11.9 Å². The van der Waals surface area contributed by atoms with Crippen molar-refractivity contribution < 1.29 is 24.2 Å². The van der Waals surface area contributed by atoms with Crippen LogP contribution in [0, 0.1) is 5.41 Å². The molecule has 0 radical (unpaired) electrons. The van der Waals surface area contributed by atoms with Crippen molar-refractivity contribution in [1.82, 2.24) is 0 Å². The van der Waals surface area contributed by atoms with Crippen molar-refractivity contribution >= 4 is 11.9 Å². The molecule has 5 nitrogen and oxygen atoms in total. The predicted molar refractivity (Wildman–Crippen MR) is 94.1 cm³/mol. The van der Waals surface area contributed by atoms with E-state index in [-0.39, 0.29) is 30.0 Å². The first-order valence-electron chi connectivity index (χ1n) is 8.33. The van der Waals surface area contributed by atoms with E-state index in [2.05, 4.69) is 0 Å². The van der Waals surface area contributed by atoms with E-state index in [4.69, 9.17) is 9.47 Å². The fourth-order valence-corrected chi connectivity index (χ4v) is 1.63. The van der Waals surface area contributed by atoms with E-state index < -0.39 is 11.4 Å².